The molecule has 2 unspecified atom stereocenters. The summed E-state index contributed by atoms with van der Waals surface area (Å²) in [5.41, 5.74) is -3.26. The van der Waals surface area contributed by atoms with E-state index in [2.05, 4.69) is 0 Å². The van der Waals surface area contributed by atoms with Gasteiger partial charge in [-0.05, 0) is 16.6 Å². The van der Waals surface area contributed by atoms with E-state index in [0.717, 1.165) is 0 Å². The maximum atomic E-state index is 12.6. The number of hydrogen-bond acceptors (Lipinski definition) is 9. The zero-order chi connectivity index (χ0) is 22.0. The fourth-order valence-electron chi connectivity index (χ4n) is 2.16. The van der Waals surface area contributed by atoms with Crippen molar-refractivity contribution in [2.75, 3.05) is 18.8 Å². The summed E-state index contributed by atoms with van der Waals surface area (Å²) in [5.74, 6) is 0. The Kier molecular flexibility index (Phi) is 7.38. The van der Waals surface area contributed by atoms with Crippen LogP contribution in [-0.4, -0.2) is 57.0 Å². The molecule has 0 saturated heterocycles. The molecule has 0 aromatic heterocycles. The van der Waals surface area contributed by atoms with E-state index < -0.39 is 52.2 Å². The highest BCUT2D eigenvalue weighted by atomic mass is 32.3. The van der Waals surface area contributed by atoms with Crippen molar-refractivity contribution < 1.29 is 32.0 Å². The van der Waals surface area contributed by atoms with Gasteiger partial charge in [0, 0.05) is 23.0 Å². The zero-order valence-corrected chi connectivity index (χ0v) is 18.0. The van der Waals surface area contributed by atoms with Gasteiger partial charge >= 0.3 is 21.5 Å². The lowest BCUT2D eigenvalue weighted by atomic mass is 10.2. The highest BCUT2D eigenvalue weighted by Gasteiger charge is 2.43. The van der Waals surface area contributed by atoms with Crippen LogP contribution in [-0.2, 0) is 14.4 Å². The number of nitrogens with zero attached hydrogens (tertiary/aromatic N) is 3. The Morgan fingerprint density at radius 2 is 1.57 bits per heavy atom. The minimum Gasteiger partial charge on any atom is -0.281 e. The predicted molar refractivity (Wildman–Crippen MR) is 106 cm³/mol. The van der Waals surface area contributed by atoms with Crippen LogP contribution in [0.25, 0.3) is 0 Å². The molecule has 12 nitrogen and oxygen atoms in total. The Morgan fingerprint density at radius 1 is 1.07 bits per heavy atom. The van der Waals surface area contributed by atoms with Crippen LogP contribution in [0.5, 0.6) is 0 Å². The van der Waals surface area contributed by atoms with Gasteiger partial charge < -0.3 is 0 Å². The summed E-state index contributed by atoms with van der Waals surface area (Å²) in [6, 6.07) is 0.845. The number of benzene rings is 1. The second-order valence-electron chi connectivity index (χ2n) is 6.09. The molecule has 0 aliphatic heterocycles. The summed E-state index contributed by atoms with van der Waals surface area (Å²) >= 11 is 1.51. The van der Waals surface area contributed by atoms with Gasteiger partial charge in [0.2, 0.25) is 0 Å². The van der Waals surface area contributed by atoms with Gasteiger partial charge in [-0.1, -0.05) is 13.8 Å². The minimum absolute atomic E-state index is 0.0545. The first-order valence-electron chi connectivity index (χ1n) is 7.49. The van der Waals surface area contributed by atoms with E-state index in [1.807, 2.05) is 20.1 Å². The van der Waals surface area contributed by atoms with Crippen molar-refractivity contribution in [3.8, 4) is 0 Å². The zero-order valence-electron chi connectivity index (χ0n) is 15.6. The number of nitro groups is 2. The van der Waals surface area contributed by atoms with Crippen LogP contribution in [0.3, 0.4) is 0 Å². The third-order valence-corrected chi connectivity index (χ3v) is 9.06. The number of non-ortho nitro benzene ring substituents is 1. The summed E-state index contributed by atoms with van der Waals surface area (Å²) in [7, 11) is -7.45. The lowest BCUT2D eigenvalue weighted by Crippen LogP contribution is -2.26. The highest BCUT2D eigenvalue weighted by Crippen LogP contribution is 2.51. The monoisotopic (exact) mass is 458 g/mol. The van der Waals surface area contributed by atoms with Crippen LogP contribution in [0.2, 0.25) is 0 Å². The van der Waals surface area contributed by atoms with E-state index in [4.69, 9.17) is 4.28 Å². The summed E-state index contributed by atoms with van der Waals surface area (Å²) in [5, 5.41) is 22.1. The van der Waals surface area contributed by atoms with Crippen LogP contribution in [0.4, 0.5) is 17.1 Å². The van der Waals surface area contributed by atoms with Crippen molar-refractivity contribution in [1.82, 2.24) is 0 Å². The molecule has 28 heavy (non-hydrogen) atoms. The Hall–Kier alpha value is -1.97. The molecule has 2 atom stereocenters. The number of hydrogen-bond donors (Lipinski definition) is 1. The molecule has 0 saturated carbocycles. The third kappa shape index (κ3) is 5.30. The first-order chi connectivity index (χ1) is 12.6. The smallest absolute Gasteiger partial charge is 0.281 e. The van der Waals surface area contributed by atoms with Gasteiger partial charge in [0.1, 0.15) is 6.07 Å². The molecule has 1 aromatic rings. The van der Waals surface area contributed by atoms with Crippen LogP contribution < -0.4 is 0 Å². The lowest BCUT2D eigenvalue weighted by molar-refractivity contribution is -0.698. The maximum Gasteiger partial charge on any atom is 0.352 e. The number of thioether (sulfide) groups is 1. The molecule has 0 fully saturated rings. The lowest BCUT2D eigenvalue weighted by Gasteiger charge is -2.33. The fraction of sp³-hybridized carbons (Fsp3) is 0.538. The Bertz CT molecular complexity index is 917. The van der Waals surface area contributed by atoms with Gasteiger partial charge in [-0.15, -0.1) is 0 Å². The predicted octanol–water partition coefficient (Wildman–Crippen LogP) is 3.21. The van der Waals surface area contributed by atoms with Crippen molar-refractivity contribution in [2.24, 2.45) is 0 Å². The van der Waals surface area contributed by atoms with E-state index >= 15 is 0 Å². The molecule has 15 heteroatoms. The number of nitro benzene ring substituents is 2. The standard InChI is InChI=1S/C13H19N3O9S3/c1-8(26-3)9(2)27(4,5)25-16(21)12-7-10(14(17)18)6-11(15(19)20)13(12)28(22,23)24/h6-9H,1-5H3/p+1. The average Bonchev–Trinajstić information content (AvgIpc) is 2.57. The summed E-state index contributed by atoms with van der Waals surface area (Å²) in [6.07, 6.45) is 5.09. The van der Waals surface area contributed by atoms with Crippen molar-refractivity contribution >= 4 is 49.3 Å². The van der Waals surface area contributed by atoms with Gasteiger partial charge in [0.05, 0.1) is 20.8 Å². The normalized spacial score (nSPS) is 14.8. The fourth-order valence-corrected chi connectivity index (χ4v) is 5.96. The van der Waals surface area contributed by atoms with Gasteiger partial charge in [0.25, 0.3) is 15.5 Å². The molecule has 0 aliphatic carbocycles. The van der Waals surface area contributed by atoms with E-state index in [-0.39, 0.29) is 15.4 Å². The Labute approximate surface area is 166 Å². The molecule has 1 rings (SSSR count). The van der Waals surface area contributed by atoms with Crippen molar-refractivity contribution in [3.05, 3.63) is 37.3 Å². The molecule has 0 spiro atoms. The molecule has 158 valence electrons. The summed E-state index contributed by atoms with van der Waals surface area (Å²) in [4.78, 5) is 30.8. The van der Waals surface area contributed by atoms with Gasteiger partial charge in [-0.2, -0.15) is 24.5 Å². The number of rotatable bonds is 9. The topological polar surface area (TPSA) is 170 Å². The highest BCUT2D eigenvalue weighted by molar-refractivity contribution is 8.29. The molecule has 1 N–H and O–H groups in total. The average molecular weight is 459 g/mol. The minimum atomic E-state index is -5.27. The second-order valence-corrected chi connectivity index (χ2v) is 12.2. The molecule has 0 radical (unpaired) electrons. The molecule has 0 aliphatic rings. The van der Waals surface area contributed by atoms with E-state index in [9.17, 15) is 38.1 Å². The van der Waals surface area contributed by atoms with Gasteiger partial charge in [0.15, 0.2) is 0 Å². The molecule has 0 bridgehead atoms. The maximum absolute atomic E-state index is 12.6. The summed E-state index contributed by atoms with van der Waals surface area (Å²) < 4.78 is 38.1. The third-order valence-electron chi connectivity index (χ3n) is 4.08. The summed E-state index contributed by atoms with van der Waals surface area (Å²) in [6.45, 7) is 3.70. The SMILES string of the molecule is CSC(C)C(C)S(C)(C)O[N+](=O)c1cc([N+](=O)[O-])cc([N+](=O)[O-])c1S(=O)(=O)O. The molecule has 0 amide bonds. The van der Waals surface area contributed by atoms with Gasteiger partial charge in [-0.25, -0.2) is 0 Å². The molecular weight excluding hydrogens is 438 g/mol. The van der Waals surface area contributed by atoms with E-state index in [0.29, 0.717) is 12.1 Å². The first-order valence-corrected chi connectivity index (χ1v) is 12.7. The largest absolute Gasteiger partial charge is 0.352 e. The Balaban J connectivity index is 3.63. The Morgan fingerprint density at radius 3 is 1.96 bits per heavy atom. The van der Waals surface area contributed by atoms with Crippen molar-refractivity contribution in [2.45, 2.75) is 29.2 Å². The van der Waals surface area contributed by atoms with E-state index in [1.165, 1.54) is 11.8 Å². The quantitative estimate of drug-likeness (QED) is 0.329. The first kappa shape index (κ1) is 24.1. The molecule has 1 aromatic carbocycles. The van der Waals surface area contributed by atoms with Crippen molar-refractivity contribution in [3.63, 3.8) is 0 Å². The van der Waals surface area contributed by atoms with Crippen LogP contribution in [0, 0.1) is 25.1 Å². The van der Waals surface area contributed by atoms with Crippen molar-refractivity contribution in [1.29, 1.82) is 0 Å². The van der Waals surface area contributed by atoms with Crippen LogP contribution in [0.15, 0.2) is 17.0 Å². The molecule has 0 heterocycles. The van der Waals surface area contributed by atoms with E-state index in [1.54, 1.807) is 12.5 Å². The van der Waals surface area contributed by atoms with Gasteiger partial charge in [-0.3, -0.25) is 24.8 Å². The second kappa shape index (κ2) is 8.59. The van der Waals surface area contributed by atoms with Crippen LogP contribution in [0.1, 0.15) is 13.8 Å². The van der Waals surface area contributed by atoms with Crippen LogP contribution >= 0.6 is 22.1 Å². The molecular formula is C13H20N3O9S3+.